The Morgan fingerprint density at radius 1 is 1.25 bits per heavy atom. The first-order valence-electron chi connectivity index (χ1n) is 6.12. The highest BCUT2D eigenvalue weighted by Gasteiger charge is 2.06. The third-order valence-corrected chi connectivity index (χ3v) is 2.77. The van der Waals surface area contributed by atoms with Crippen molar-refractivity contribution in [2.75, 3.05) is 12.4 Å². The monoisotopic (exact) mass is 266 g/mol. The number of amides is 1. The first-order chi connectivity index (χ1) is 9.72. The molecule has 0 aliphatic rings. The third-order valence-electron chi connectivity index (χ3n) is 2.77. The molecule has 0 unspecified atom stereocenters. The van der Waals surface area contributed by atoms with Gasteiger partial charge in [0, 0.05) is 18.4 Å². The van der Waals surface area contributed by atoms with E-state index in [1.807, 2.05) is 18.2 Å². The predicted molar refractivity (Wildman–Crippen MR) is 76.3 cm³/mol. The van der Waals surface area contributed by atoms with Crippen LogP contribution in [0, 0.1) is 11.3 Å². The number of nitrogens with zero attached hydrogens (tertiary/aromatic N) is 1. The smallest absolute Gasteiger partial charge is 0.255 e. The van der Waals surface area contributed by atoms with Gasteiger partial charge in [-0.2, -0.15) is 5.26 Å². The van der Waals surface area contributed by atoms with Gasteiger partial charge in [-0.25, -0.2) is 0 Å². The van der Waals surface area contributed by atoms with E-state index >= 15 is 0 Å². The predicted octanol–water partition coefficient (Wildman–Crippen LogP) is 2.96. The van der Waals surface area contributed by atoms with Crippen LogP contribution in [0.3, 0.4) is 0 Å². The molecule has 1 N–H and O–H groups in total. The molecule has 2 rings (SSSR count). The molecule has 0 spiro atoms. The molecule has 0 radical (unpaired) electrons. The van der Waals surface area contributed by atoms with Crippen molar-refractivity contribution in [3.8, 4) is 6.07 Å². The van der Waals surface area contributed by atoms with Gasteiger partial charge in [0.05, 0.1) is 18.2 Å². The minimum absolute atomic E-state index is 0.187. The normalized spacial score (nSPS) is 9.80. The number of methoxy groups -OCH3 is 1. The second-order valence-electron chi connectivity index (χ2n) is 4.28. The topological polar surface area (TPSA) is 62.1 Å². The van der Waals surface area contributed by atoms with Gasteiger partial charge >= 0.3 is 0 Å². The molecule has 0 saturated carbocycles. The number of nitriles is 1. The van der Waals surface area contributed by atoms with E-state index in [9.17, 15) is 4.79 Å². The highest BCUT2D eigenvalue weighted by atomic mass is 16.5. The SMILES string of the molecule is COCc1cccc(C(=O)Nc2ccc(C#N)cc2)c1. The Bertz CT molecular complexity index is 642. The molecule has 20 heavy (non-hydrogen) atoms. The van der Waals surface area contributed by atoms with Crippen LogP contribution in [0.15, 0.2) is 48.5 Å². The number of carbonyl (C=O) groups excluding carboxylic acids is 1. The Labute approximate surface area is 117 Å². The van der Waals surface area contributed by atoms with Crippen LogP contribution in [0.4, 0.5) is 5.69 Å². The maximum atomic E-state index is 12.1. The van der Waals surface area contributed by atoms with E-state index in [2.05, 4.69) is 5.32 Å². The Hall–Kier alpha value is -2.64. The summed E-state index contributed by atoms with van der Waals surface area (Å²) in [6.45, 7) is 0.470. The molecule has 0 fully saturated rings. The second-order valence-corrected chi connectivity index (χ2v) is 4.28. The molecule has 0 aliphatic heterocycles. The number of nitrogens with one attached hydrogen (secondary N) is 1. The number of carbonyl (C=O) groups is 1. The number of benzene rings is 2. The van der Waals surface area contributed by atoms with Crippen LogP contribution in [-0.4, -0.2) is 13.0 Å². The van der Waals surface area contributed by atoms with Crippen LogP contribution in [-0.2, 0) is 11.3 Å². The fourth-order valence-corrected chi connectivity index (χ4v) is 1.80. The lowest BCUT2D eigenvalue weighted by atomic mass is 10.1. The van der Waals surface area contributed by atoms with E-state index in [-0.39, 0.29) is 5.91 Å². The van der Waals surface area contributed by atoms with Crippen molar-refractivity contribution in [2.45, 2.75) is 6.61 Å². The molecular weight excluding hydrogens is 252 g/mol. The highest BCUT2D eigenvalue weighted by molar-refractivity contribution is 6.04. The van der Waals surface area contributed by atoms with E-state index in [4.69, 9.17) is 10.00 Å². The van der Waals surface area contributed by atoms with Gasteiger partial charge in [0.25, 0.3) is 5.91 Å². The number of anilines is 1. The van der Waals surface area contributed by atoms with Crippen LogP contribution >= 0.6 is 0 Å². The quantitative estimate of drug-likeness (QED) is 0.925. The van der Waals surface area contributed by atoms with E-state index in [0.29, 0.717) is 23.4 Å². The second kappa shape index (κ2) is 6.50. The summed E-state index contributed by atoms with van der Waals surface area (Å²) in [5.41, 5.74) is 2.74. The first kappa shape index (κ1) is 13.8. The molecule has 2 aromatic carbocycles. The maximum Gasteiger partial charge on any atom is 0.255 e. The number of hydrogen-bond donors (Lipinski definition) is 1. The standard InChI is InChI=1S/C16H14N2O2/c1-20-11-13-3-2-4-14(9-13)16(19)18-15-7-5-12(10-17)6-8-15/h2-9H,11H2,1H3,(H,18,19). The number of rotatable bonds is 4. The molecule has 0 aliphatic carbocycles. The van der Waals surface area contributed by atoms with Crippen LogP contribution in [0.25, 0.3) is 0 Å². The molecule has 0 aromatic heterocycles. The van der Waals surface area contributed by atoms with Crippen molar-refractivity contribution >= 4 is 11.6 Å². The highest BCUT2D eigenvalue weighted by Crippen LogP contribution is 2.12. The summed E-state index contributed by atoms with van der Waals surface area (Å²) in [5, 5.41) is 11.5. The molecule has 4 nitrogen and oxygen atoms in total. The Morgan fingerprint density at radius 3 is 2.65 bits per heavy atom. The molecule has 4 heteroatoms. The molecule has 100 valence electrons. The number of ether oxygens (including phenoxy) is 1. The zero-order valence-electron chi connectivity index (χ0n) is 11.1. The molecule has 0 atom stereocenters. The molecule has 0 bridgehead atoms. The van der Waals surface area contributed by atoms with Gasteiger partial charge in [-0.1, -0.05) is 12.1 Å². The summed E-state index contributed by atoms with van der Waals surface area (Å²) in [6, 6.07) is 16.0. The summed E-state index contributed by atoms with van der Waals surface area (Å²) < 4.78 is 5.04. The van der Waals surface area contributed by atoms with Crippen molar-refractivity contribution < 1.29 is 9.53 Å². The lowest BCUT2D eigenvalue weighted by molar-refractivity contribution is 0.102. The Morgan fingerprint density at radius 2 is 2.00 bits per heavy atom. The maximum absolute atomic E-state index is 12.1. The van der Waals surface area contributed by atoms with Crippen molar-refractivity contribution in [3.63, 3.8) is 0 Å². The van der Waals surface area contributed by atoms with E-state index in [1.165, 1.54) is 0 Å². The van der Waals surface area contributed by atoms with E-state index in [1.54, 1.807) is 43.5 Å². The molecule has 2 aromatic rings. The Balaban J connectivity index is 2.11. The van der Waals surface area contributed by atoms with Gasteiger partial charge in [-0.15, -0.1) is 0 Å². The van der Waals surface area contributed by atoms with Crippen molar-refractivity contribution in [1.29, 1.82) is 5.26 Å². The molecular formula is C16H14N2O2. The summed E-state index contributed by atoms with van der Waals surface area (Å²) >= 11 is 0. The molecule has 0 heterocycles. The van der Waals surface area contributed by atoms with Gasteiger partial charge in [0.2, 0.25) is 0 Å². The summed E-state index contributed by atoms with van der Waals surface area (Å²) in [4.78, 5) is 12.1. The summed E-state index contributed by atoms with van der Waals surface area (Å²) in [5.74, 6) is -0.187. The first-order valence-corrected chi connectivity index (χ1v) is 6.12. The van der Waals surface area contributed by atoms with Gasteiger partial charge < -0.3 is 10.1 Å². The van der Waals surface area contributed by atoms with E-state index in [0.717, 1.165) is 5.56 Å². The van der Waals surface area contributed by atoms with Gasteiger partial charge in [0.1, 0.15) is 0 Å². The van der Waals surface area contributed by atoms with Crippen LogP contribution in [0.2, 0.25) is 0 Å². The fourth-order valence-electron chi connectivity index (χ4n) is 1.80. The zero-order valence-corrected chi connectivity index (χ0v) is 11.1. The number of hydrogen-bond acceptors (Lipinski definition) is 3. The van der Waals surface area contributed by atoms with E-state index < -0.39 is 0 Å². The van der Waals surface area contributed by atoms with Gasteiger partial charge in [-0.3, -0.25) is 4.79 Å². The van der Waals surface area contributed by atoms with Gasteiger partial charge in [0.15, 0.2) is 0 Å². The average molecular weight is 266 g/mol. The zero-order chi connectivity index (χ0) is 14.4. The fraction of sp³-hybridized carbons (Fsp3) is 0.125. The lowest BCUT2D eigenvalue weighted by Crippen LogP contribution is -2.12. The van der Waals surface area contributed by atoms with Crippen molar-refractivity contribution in [2.24, 2.45) is 0 Å². The minimum Gasteiger partial charge on any atom is -0.380 e. The van der Waals surface area contributed by atoms with Crippen LogP contribution in [0.1, 0.15) is 21.5 Å². The molecule has 0 saturated heterocycles. The average Bonchev–Trinajstić information content (AvgIpc) is 2.48. The minimum atomic E-state index is -0.187. The van der Waals surface area contributed by atoms with Gasteiger partial charge in [-0.05, 0) is 42.0 Å². The largest absolute Gasteiger partial charge is 0.380 e. The van der Waals surface area contributed by atoms with Crippen molar-refractivity contribution in [1.82, 2.24) is 0 Å². The Kier molecular flexibility index (Phi) is 4.48. The lowest BCUT2D eigenvalue weighted by Gasteiger charge is -2.07. The summed E-state index contributed by atoms with van der Waals surface area (Å²) in [6.07, 6.45) is 0. The van der Waals surface area contributed by atoms with Crippen molar-refractivity contribution in [3.05, 3.63) is 65.2 Å². The van der Waals surface area contributed by atoms with Crippen LogP contribution in [0.5, 0.6) is 0 Å². The molecule has 1 amide bonds. The van der Waals surface area contributed by atoms with Crippen LogP contribution < -0.4 is 5.32 Å². The summed E-state index contributed by atoms with van der Waals surface area (Å²) in [7, 11) is 1.61. The third kappa shape index (κ3) is 3.44.